The Morgan fingerprint density at radius 3 is 2.31 bits per heavy atom. The summed E-state index contributed by atoms with van der Waals surface area (Å²) in [5, 5.41) is 3.25. The van der Waals surface area contributed by atoms with Gasteiger partial charge in [-0.25, -0.2) is 4.79 Å². The molecule has 0 bridgehead atoms. The average molecular weight is 376 g/mol. The zero-order valence-corrected chi connectivity index (χ0v) is 16.0. The van der Waals surface area contributed by atoms with Crippen LogP contribution in [0.2, 0.25) is 5.02 Å². The van der Waals surface area contributed by atoms with E-state index in [2.05, 4.69) is 26.1 Å². The summed E-state index contributed by atoms with van der Waals surface area (Å²) in [4.78, 5) is 24.1. The lowest BCUT2D eigenvalue weighted by atomic mass is 9.87. The SMILES string of the molecule is COc1ccc(C(C)(C)C)cc1NC(=O)COC(=O)c1ccc(Cl)cc1. The highest BCUT2D eigenvalue weighted by atomic mass is 35.5. The molecule has 0 saturated carbocycles. The molecule has 1 amide bonds. The van der Waals surface area contributed by atoms with Crippen LogP contribution >= 0.6 is 11.6 Å². The Hall–Kier alpha value is -2.53. The van der Waals surface area contributed by atoms with Crippen LogP contribution < -0.4 is 10.1 Å². The summed E-state index contributed by atoms with van der Waals surface area (Å²) in [6.45, 7) is 5.83. The Morgan fingerprint density at radius 1 is 1.08 bits per heavy atom. The van der Waals surface area contributed by atoms with E-state index in [0.717, 1.165) is 5.56 Å². The molecule has 0 radical (unpaired) electrons. The summed E-state index contributed by atoms with van der Waals surface area (Å²) < 4.78 is 10.3. The van der Waals surface area contributed by atoms with Gasteiger partial charge in [0.05, 0.1) is 18.4 Å². The number of esters is 1. The van der Waals surface area contributed by atoms with Gasteiger partial charge in [0.15, 0.2) is 6.61 Å². The summed E-state index contributed by atoms with van der Waals surface area (Å²) in [7, 11) is 1.53. The fraction of sp³-hybridized carbons (Fsp3) is 0.300. The van der Waals surface area contributed by atoms with Crippen LogP contribution in [0.1, 0.15) is 36.7 Å². The zero-order valence-electron chi connectivity index (χ0n) is 15.3. The van der Waals surface area contributed by atoms with E-state index in [9.17, 15) is 9.59 Å². The monoisotopic (exact) mass is 375 g/mol. The highest BCUT2D eigenvalue weighted by molar-refractivity contribution is 6.30. The van der Waals surface area contributed by atoms with Crippen LogP contribution in [-0.2, 0) is 14.9 Å². The average Bonchev–Trinajstić information content (AvgIpc) is 2.59. The van der Waals surface area contributed by atoms with E-state index in [0.29, 0.717) is 22.0 Å². The molecule has 0 fully saturated rings. The van der Waals surface area contributed by atoms with Crippen molar-refractivity contribution in [3.8, 4) is 5.75 Å². The van der Waals surface area contributed by atoms with Gasteiger partial charge in [-0.1, -0.05) is 38.4 Å². The second-order valence-electron chi connectivity index (χ2n) is 6.80. The number of hydrogen-bond donors (Lipinski definition) is 1. The number of rotatable bonds is 5. The van der Waals surface area contributed by atoms with Crippen molar-refractivity contribution >= 4 is 29.2 Å². The lowest BCUT2D eigenvalue weighted by Gasteiger charge is -2.21. The van der Waals surface area contributed by atoms with Crippen molar-refractivity contribution in [2.75, 3.05) is 19.0 Å². The maximum Gasteiger partial charge on any atom is 0.338 e. The minimum atomic E-state index is -0.591. The van der Waals surface area contributed by atoms with Gasteiger partial charge in [0.1, 0.15) is 5.75 Å². The first kappa shape index (κ1) is 19.8. The van der Waals surface area contributed by atoms with Crippen molar-refractivity contribution in [3.63, 3.8) is 0 Å². The highest BCUT2D eigenvalue weighted by Gasteiger charge is 2.17. The molecule has 0 heterocycles. The first-order valence-electron chi connectivity index (χ1n) is 8.12. The molecule has 5 nitrogen and oxygen atoms in total. The quantitative estimate of drug-likeness (QED) is 0.784. The van der Waals surface area contributed by atoms with Gasteiger partial charge in [-0.15, -0.1) is 0 Å². The van der Waals surface area contributed by atoms with Gasteiger partial charge in [-0.3, -0.25) is 4.79 Å². The van der Waals surface area contributed by atoms with E-state index >= 15 is 0 Å². The van der Waals surface area contributed by atoms with E-state index in [4.69, 9.17) is 21.1 Å². The molecule has 0 aliphatic heterocycles. The predicted octanol–water partition coefficient (Wildman–Crippen LogP) is 4.44. The van der Waals surface area contributed by atoms with E-state index in [1.165, 1.54) is 7.11 Å². The van der Waals surface area contributed by atoms with Crippen molar-refractivity contribution in [2.24, 2.45) is 0 Å². The Morgan fingerprint density at radius 2 is 1.73 bits per heavy atom. The number of hydrogen-bond acceptors (Lipinski definition) is 4. The van der Waals surface area contributed by atoms with Crippen molar-refractivity contribution < 1.29 is 19.1 Å². The summed E-state index contributed by atoms with van der Waals surface area (Å²) in [6.07, 6.45) is 0. The molecule has 0 aromatic heterocycles. The molecular formula is C20H22ClNO4. The molecule has 138 valence electrons. The molecule has 1 N–H and O–H groups in total. The molecule has 2 aromatic carbocycles. The number of benzene rings is 2. The van der Waals surface area contributed by atoms with Crippen molar-refractivity contribution in [3.05, 3.63) is 58.6 Å². The molecule has 0 spiro atoms. The number of amides is 1. The van der Waals surface area contributed by atoms with Gasteiger partial charge in [-0.2, -0.15) is 0 Å². The number of carbonyl (C=O) groups excluding carboxylic acids is 2. The summed E-state index contributed by atoms with van der Waals surface area (Å²) in [5.41, 5.74) is 1.83. The Bertz CT molecular complexity index is 794. The number of halogens is 1. The number of methoxy groups -OCH3 is 1. The molecule has 0 atom stereocenters. The summed E-state index contributed by atoms with van der Waals surface area (Å²) in [6, 6.07) is 11.9. The molecule has 0 unspecified atom stereocenters. The van der Waals surface area contributed by atoms with Crippen LogP contribution in [0, 0.1) is 0 Å². The lowest BCUT2D eigenvalue weighted by molar-refractivity contribution is -0.119. The summed E-state index contributed by atoms with van der Waals surface area (Å²) in [5.74, 6) is -0.501. The van der Waals surface area contributed by atoms with Crippen molar-refractivity contribution in [1.29, 1.82) is 0 Å². The molecular weight excluding hydrogens is 354 g/mol. The third-order valence-corrected chi connectivity index (χ3v) is 4.01. The number of ether oxygens (including phenoxy) is 2. The van der Waals surface area contributed by atoms with Crippen LogP contribution in [0.15, 0.2) is 42.5 Å². The van der Waals surface area contributed by atoms with Crippen molar-refractivity contribution in [1.82, 2.24) is 0 Å². The summed E-state index contributed by atoms with van der Waals surface area (Å²) >= 11 is 5.78. The topological polar surface area (TPSA) is 64.6 Å². The normalized spacial score (nSPS) is 11.0. The van der Waals surface area contributed by atoms with Crippen LogP contribution in [0.5, 0.6) is 5.75 Å². The van der Waals surface area contributed by atoms with Crippen LogP contribution in [0.25, 0.3) is 0 Å². The maximum absolute atomic E-state index is 12.2. The molecule has 0 aliphatic rings. The molecule has 2 rings (SSSR count). The van der Waals surface area contributed by atoms with Crippen LogP contribution in [-0.4, -0.2) is 25.6 Å². The second kappa shape index (κ2) is 8.23. The minimum Gasteiger partial charge on any atom is -0.495 e. The predicted molar refractivity (Wildman–Crippen MR) is 102 cm³/mol. The molecule has 2 aromatic rings. The lowest BCUT2D eigenvalue weighted by Crippen LogP contribution is -2.21. The minimum absolute atomic E-state index is 0.0766. The Kier molecular flexibility index (Phi) is 6.27. The fourth-order valence-corrected chi connectivity index (χ4v) is 2.38. The van der Waals surface area contributed by atoms with E-state index in [1.807, 2.05) is 12.1 Å². The van der Waals surface area contributed by atoms with Gasteiger partial charge in [0.25, 0.3) is 5.91 Å². The Labute approximate surface area is 158 Å². The molecule has 26 heavy (non-hydrogen) atoms. The standard InChI is InChI=1S/C20H22ClNO4/c1-20(2,3)14-7-10-17(25-4)16(11-14)22-18(23)12-26-19(24)13-5-8-15(21)9-6-13/h5-11H,12H2,1-4H3,(H,22,23). The third-order valence-electron chi connectivity index (χ3n) is 3.75. The number of nitrogens with one attached hydrogen (secondary N) is 1. The van der Waals surface area contributed by atoms with Gasteiger partial charge in [0.2, 0.25) is 0 Å². The zero-order chi connectivity index (χ0) is 19.3. The van der Waals surface area contributed by atoms with Gasteiger partial charge in [-0.05, 0) is 47.4 Å². The second-order valence-corrected chi connectivity index (χ2v) is 7.23. The Balaban J connectivity index is 2.03. The van der Waals surface area contributed by atoms with E-state index in [1.54, 1.807) is 30.3 Å². The number of carbonyl (C=O) groups is 2. The smallest absolute Gasteiger partial charge is 0.338 e. The van der Waals surface area contributed by atoms with Crippen LogP contribution in [0.4, 0.5) is 5.69 Å². The first-order valence-corrected chi connectivity index (χ1v) is 8.49. The molecule has 0 saturated heterocycles. The third kappa shape index (κ3) is 5.23. The number of anilines is 1. The maximum atomic E-state index is 12.2. The van der Waals surface area contributed by atoms with E-state index in [-0.39, 0.29) is 5.41 Å². The van der Waals surface area contributed by atoms with E-state index < -0.39 is 18.5 Å². The van der Waals surface area contributed by atoms with Gasteiger partial charge >= 0.3 is 5.97 Å². The highest BCUT2D eigenvalue weighted by Crippen LogP contribution is 2.31. The largest absolute Gasteiger partial charge is 0.495 e. The molecule has 0 aliphatic carbocycles. The first-order chi connectivity index (χ1) is 12.2. The molecule has 6 heteroatoms. The fourth-order valence-electron chi connectivity index (χ4n) is 2.26. The van der Waals surface area contributed by atoms with Gasteiger partial charge < -0.3 is 14.8 Å². The van der Waals surface area contributed by atoms with Crippen molar-refractivity contribution in [2.45, 2.75) is 26.2 Å². The van der Waals surface area contributed by atoms with Gasteiger partial charge in [0, 0.05) is 5.02 Å². The van der Waals surface area contributed by atoms with Crippen LogP contribution in [0.3, 0.4) is 0 Å².